The molecule has 0 aliphatic carbocycles. The van der Waals surface area contributed by atoms with Crippen LogP contribution in [-0.4, -0.2) is 9.97 Å². The van der Waals surface area contributed by atoms with Crippen LogP contribution in [0.3, 0.4) is 0 Å². The maximum atomic E-state index is 5.66. The van der Waals surface area contributed by atoms with Gasteiger partial charge in [0.05, 0.1) is 10.2 Å². The molecule has 0 saturated heterocycles. The van der Waals surface area contributed by atoms with E-state index in [4.69, 9.17) is 5.73 Å². The van der Waals surface area contributed by atoms with Crippen molar-refractivity contribution in [2.45, 2.75) is 0 Å². The van der Waals surface area contributed by atoms with Crippen molar-refractivity contribution in [2.24, 2.45) is 0 Å². The number of benzene rings is 1. The van der Waals surface area contributed by atoms with Gasteiger partial charge in [0.1, 0.15) is 12.1 Å². The van der Waals surface area contributed by atoms with Gasteiger partial charge in [-0.15, -0.1) is 0 Å². The molecule has 1 heterocycles. The fourth-order valence-electron chi connectivity index (χ4n) is 1.18. The highest BCUT2D eigenvalue weighted by Crippen LogP contribution is 2.28. The standard InChI is InChI=1S/C10H8BrN3/c11-8-9(13-6-14-10(8)12)7-4-2-1-3-5-7/h1-6H,(H2,12,13,14). The van der Waals surface area contributed by atoms with Crippen LogP contribution in [0.15, 0.2) is 41.1 Å². The first-order valence-electron chi connectivity index (χ1n) is 4.10. The molecule has 0 aliphatic rings. The van der Waals surface area contributed by atoms with E-state index in [1.54, 1.807) is 0 Å². The second kappa shape index (κ2) is 3.75. The Kier molecular flexibility index (Phi) is 2.45. The third kappa shape index (κ3) is 1.61. The largest absolute Gasteiger partial charge is 0.383 e. The summed E-state index contributed by atoms with van der Waals surface area (Å²) in [6.45, 7) is 0. The van der Waals surface area contributed by atoms with Gasteiger partial charge in [0, 0.05) is 5.56 Å². The molecule has 14 heavy (non-hydrogen) atoms. The number of hydrogen-bond acceptors (Lipinski definition) is 3. The molecule has 0 atom stereocenters. The van der Waals surface area contributed by atoms with Gasteiger partial charge in [0.2, 0.25) is 0 Å². The SMILES string of the molecule is Nc1ncnc(-c2ccccc2)c1Br. The van der Waals surface area contributed by atoms with Crippen LogP contribution < -0.4 is 5.73 Å². The van der Waals surface area contributed by atoms with Crippen LogP contribution in [0.25, 0.3) is 11.3 Å². The van der Waals surface area contributed by atoms with E-state index in [0.717, 1.165) is 15.7 Å². The zero-order valence-electron chi connectivity index (χ0n) is 7.31. The van der Waals surface area contributed by atoms with Crippen molar-refractivity contribution >= 4 is 21.7 Å². The molecule has 1 aromatic heterocycles. The second-order valence-corrected chi connectivity index (χ2v) is 3.58. The molecule has 0 amide bonds. The van der Waals surface area contributed by atoms with Gasteiger partial charge in [-0.25, -0.2) is 9.97 Å². The van der Waals surface area contributed by atoms with Gasteiger partial charge in [0.25, 0.3) is 0 Å². The maximum absolute atomic E-state index is 5.66. The Morgan fingerprint density at radius 2 is 1.79 bits per heavy atom. The summed E-state index contributed by atoms with van der Waals surface area (Å²) in [6.07, 6.45) is 1.46. The predicted molar refractivity (Wildman–Crippen MR) is 59.6 cm³/mol. The molecule has 0 fully saturated rings. The zero-order chi connectivity index (χ0) is 9.97. The highest BCUT2D eigenvalue weighted by Gasteiger charge is 2.06. The van der Waals surface area contributed by atoms with Crippen LogP contribution in [0.5, 0.6) is 0 Å². The van der Waals surface area contributed by atoms with Crippen LogP contribution in [0.1, 0.15) is 0 Å². The fraction of sp³-hybridized carbons (Fsp3) is 0. The molecule has 0 radical (unpaired) electrons. The number of aromatic nitrogens is 2. The van der Waals surface area contributed by atoms with Crippen molar-refractivity contribution < 1.29 is 0 Å². The van der Waals surface area contributed by atoms with Gasteiger partial charge in [-0.1, -0.05) is 30.3 Å². The Balaban J connectivity index is 2.58. The van der Waals surface area contributed by atoms with Crippen LogP contribution in [-0.2, 0) is 0 Å². The summed E-state index contributed by atoms with van der Waals surface area (Å²) in [5.41, 5.74) is 7.50. The zero-order valence-corrected chi connectivity index (χ0v) is 8.90. The number of hydrogen-bond donors (Lipinski definition) is 1. The van der Waals surface area contributed by atoms with Crippen molar-refractivity contribution in [1.29, 1.82) is 0 Å². The van der Waals surface area contributed by atoms with Gasteiger partial charge in [-0.05, 0) is 15.9 Å². The summed E-state index contributed by atoms with van der Waals surface area (Å²) < 4.78 is 0.742. The average molecular weight is 250 g/mol. The first-order valence-corrected chi connectivity index (χ1v) is 4.89. The Bertz CT molecular complexity index is 442. The number of rotatable bonds is 1. The van der Waals surface area contributed by atoms with E-state index in [0.29, 0.717) is 5.82 Å². The van der Waals surface area contributed by atoms with Crippen molar-refractivity contribution in [3.8, 4) is 11.3 Å². The molecule has 2 rings (SSSR count). The third-order valence-corrected chi connectivity index (χ3v) is 2.65. The van der Waals surface area contributed by atoms with Gasteiger partial charge >= 0.3 is 0 Å². The minimum Gasteiger partial charge on any atom is -0.383 e. The molecule has 0 spiro atoms. The average Bonchev–Trinajstić information content (AvgIpc) is 2.23. The minimum atomic E-state index is 0.457. The Morgan fingerprint density at radius 3 is 2.50 bits per heavy atom. The third-order valence-electron chi connectivity index (χ3n) is 1.86. The quantitative estimate of drug-likeness (QED) is 0.845. The van der Waals surface area contributed by atoms with Crippen LogP contribution in [0.2, 0.25) is 0 Å². The molecule has 0 aliphatic heterocycles. The van der Waals surface area contributed by atoms with E-state index in [1.807, 2.05) is 30.3 Å². The predicted octanol–water partition coefficient (Wildman–Crippen LogP) is 2.49. The first kappa shape index (κ1) is 9.15. The van der Waals surface area contributed by atoms with E-state index < -0.39 is 0 Å². The molecule has 70 valence electrons. The summed E-state index contributed by atoms with van der Waals surface area (Å²) in [4.78, 5) is 8.06. The van der Waals surface area contributed by atoms with Crippen molar-refractivity contribution in [3.05, 3.63) is 41.1 Å². The normalized spacial score (nSPS) is 10.1. The smallest absolute Gasteiger partial charge is 0.141 e. The number of halogens is 1. The molecule has 1 aromatic carbocycles. The lowest BCUT2D eigenvalue weighted by Gasteiger charge is -2.04. The summed E-state index contributed by atoms with van der Waals surface area (Å²) in [5.74, 6) is 0.457. The van der Waals surface area contributed by atoms with Crippen LogP contribution in [0, 0.1) is 0 Å². The van der Waals surface area contributed by atoms with Crippen LogP contribution >= 0.6 is 15.9 Å². The molecular weight excluding hydrogens is 242 g/mol. The molecule has 2 aromatic rings. The molecular formula is C10H8BrN3. The van der Waals surface area contributed by atoms with Gasteiger partial charge in [0.15, 0.2) is 0 Å². The minimum absolute atomic E-state index is 0.457. The van der Waals surface area contributed by atoms with Crippen LogP contribution in [0.4, 0.5) is 5.82 Å². The Labute approximate surface area is 90.1 Å². The lowest BCUT2D eigenvalue weighted by molar-refractivity contribution is 1.17. The van der Waals surface area contributed by atoms with E-state index >= 15 is 0 Å². The molecule has 0 saturated carbocycles. The van der Waals surface area contributed by atoms with Crippen molar-refractivity contribution in [3.63, 3.8) is 0 Å². The van der Waals surface area contributed by atoms with Crippen molar-refractivity contribution in [1.82, 2.24) is 9.97 Å². The highest BCUT2D eigenvalue weighted by molar-refractivity contribution is 9.10. The number of nitrogens with two attached hydrogens (primary N) is 1. The number of anilines is 1. The van der Waals surface area contributed by atoms with E-state index in [-0.39, 0.29) is 0 Å². The van der Waals surface area contributed by atoms with Crippen molar-refractivity contribution in [2.75, 3.05) is 5.73 Å². The summed E-state index contributed by atoms with van der Waals surface area (Å²) in [5, 5.41) is 0. The lowest BCUT2D eigenvalue weighted by Crippen LogP contribution is -1.95. The van der Waals surface area contributed by atoms with Gasteiger partial charge in [-0.2, -0.15) is 0 Å². The molecule has 3 nitrogen and oxygen atoms in total. The summed E-state index contributed by atoms with van der Waals surface area (Å²) in [6, 6.07) is 9.83. The van der Waals surface area contributed by atoms with E-state index in [2.05, 4.69) is 25.9 Å². The first-order chi connectivity index (χ1) is 6.79. The summed E-state index contributed by atoms with van der Waals surface area (Å²) in [7, 11) is 0. The summed E-state index contributed by atoms with van der Waals surface area (Å²) >= 11 is 3.37. The van der Waals surface area contributed by atoms with E-state index in [9.17, 15) is 0 Å². The van der Waals surface area contributed by atoms with Gasteiger partial charge in [-0.3, -0.25) is 0 Å². The highest BCUT2D eigenvalue weighted by atomic mass is 79.9. The molecule has 0 bridgehead atoms. The second-order valence-electron chi connectivity index (χ2n) is 2.79. The number of nitrogens with zero attached hydrogens (tertiary/aromatic N) is 2. The monoisotopic (exact) mass is 249 g/mol. The Hall–Kier alpha value is -1.42. The maximum Gasteiger partial charge on any atom is 0.141 e. The molecule has 2 N–H and O–H groups in total. The Morgan fingerprint density at radius 1 is 1.07 bits per heavy atom. The van der Waals surface area contributed by atoms with Gasteiger partial charge < -0.3 is 5.73 Å². The fourth-order valence-corrected chi connectivity index (χ4v) is 1.61. The van der Waals surface area contributed by atoms with E-state index in [1.165, 1.54) is 6.33 Å². The molecule has 0 unspecified atom stereocenters. The molecule has 4 heteroatoms. The lowest BCUT2D eigenvalue weighted by atomic mass is 10.1. The topological polar surface area (TPSA) is 51.8 Å². The number of nitrogen functional groups attached to an aromatic ring is 1.